The van der Waals surface area contributed by atoms with Crippen LogP contribution >= 0.6 is 0 Å². The van der Waals surface area contributed by atoms with Crippen LogP contribution in [-0.2, 0) is 9.84 Å². The Labute approximate surface area is 110 Å². The number of nitro groups is 1. The molecule has 0 aliphatic rings. The molecule has 0 aliphatic heterocycles. The molecule has 0 atom stereocenters. The highest BCUT2D eigenvalue weighted by Gasteiger charge is 2.19. The molecule has 0 amide bonds. The summed E-state index contributed by atoms with van der Waals surface area (Å²) >= 11 is 0. The molecule has 0 aromatic heterocycles. The second-order valence-corrected chi connectivity index (χ2v) is 6.02. The Kier molecular flexibility index (Phi) is 3.35. The van der Waals surface area contributed by atoms with E-state index in [0.717, 1.165) is 11.6 Å². The smallest absolute Gasteiger partial charge is 0.258 e. The van der Waals surface area contributed by atoms with Gasteiger partial charge in [-0.1, -0.05) is 23.8 Å². The van der Waals surface area contributed by atoms with Crippen molar-refractivity contribution in [2.45, 2.75) is 16.7 Å². The summed E-state index contributed by atoms with van der Waals surface area (Å²) in [6.45, 7) is 1.85. The molecule has 2 aromatic rings. The van der Waals surface area contributed by atoms with E-state index in [-0.39, 0.29) is 15.5 Å². The fourth-order valence-corrected chi connectivity index (χ4v) is 2.92. The zero-order valence-corrected chi connectivity index (χ0v) is 10.9. The lowest BCUT2D eigenvalue weighted by Gasteiger charge is -2.04. The Bertz CT molecular complexity index is 721. The zero-order chi connectivity index (χ0) is 14.0. The molecule has 0 fully saturated rings. The van der Waals surface area contributed by atoms with Gasteiger partial charge in [0.15, 0.2) is 0 Å². The Hall–Kier alpha value is -2.21. The Morgan fingerprint density at radius 1 is 1.00 bits per heavy atom. The lowest BCUT2D eigenvalue weighted by atomic mass is 10.2. The van der Waals surface area contributed by atoms with Gasteiger partial charge in [-0.2, -0.15) is 0 Å². The summed E-state index contributed by atoms with van der Waals surface area (Å²) in [5.74, 6) is 0. The second kappa shape index (κ2) is 4.81. The van der Waals surface area contributed by atoms with Gasteiger partial charge < -0.3 is 0 Å². The van der Waals surface area contributed by atoms with Crippen LogP contribution in [0, 0.1) is 17.0 Å². The molecule has 98 valence electrons. The topological polar surface area (TPSA) is 77.3 Å². The van der Waals surface area contributed by atoms with Crippen LogP contribution in [-0.4, -0.2) is 13.3 Å². The van der Waals surface area contributed by atoms with Crippen LogP contribution in [0.1, 0.15) is 5.56 Å². The standard InChI is InChI=1S/C13H11NO4S/c1-10-5-7-12(8-6-10)19(17,18)13-4-2-3-11(9-13)14(15)16/h2-9H,1H3. The third-order valence-corrected chi connectivity index (χ3v) is 4.44. The minimum absolute atomic E-state index is 0.0782. The summed E-state index contributed by atoms with van der Waals surface area (Å²) in [7, 11) is -3.72. The molecule has 2 aromatic carbocycles. The van der Waals surface area contributed by atoms with E-state index >= 15 is 0 Å². The molecule has 0 radical (unpaired) electrons. The molecule has 5 nitrogen and oxygen atoms in total. The van der Waals surface area contributed by atoms with Crippen molar-refractivity contribution in [3.8, 4) is 0 Å². The maximum atomic E-state index is 12.3. The molecule has 0 aliphatic carbocycles. The zero-order valence-electron chi connectivity index (χ0n) is 10.1. The highest BCUT2D eigenvalue weighted by molar-refractivity contribution is 7.91. The van der Waals surface area contributed by atoms with E-state index in [1.807, 2.05) is 6.92 Å². The van der Waals surface area contributed by atoms with Crippen molar-refractivity contribution in [3.05, 3.63) is 64.2 Å². The van der Waals surface area contributed by atoms with Crippen LogP contribution < -0.4 is 0 Å². The van der Waals surface area contributed by atoms with Gasteiger partial charge in [0.2, 0.25) is 9.84 Å². The summed E-state index contributed by atoms with van der Waals surface area (Å²) in [6, 6.07) is 11.4. The fourth-order valence-electron chi connectivity index (χ4n) is 1.62. The summed E-state index contributed by atoms with van der Waals surface area (Å²) < 4.78 is 24.6. The summed E-state index contributed by atoms with van der Waals surface area (Å²) in [4.78, 5) is 10.1. The fraction of sp³-hybridized carbons (Fsp3) is 0.0769. The molecular formula is C13H11NO4S. The molecule has 0 saturated carbocycles. The van der Waals surface area contributed by atoms with E-state index in [1.54, 1.807) is 12.1 Å². The molecule has 0 N–H and O–H groups in total. The monoisotopic (exact) mass is 277 g/mol. The number of aryl methyl sites for hydroxylation is 1. The summed E-state index contributed by atoms with van der Waals surface area (Å²) in [6.07, 6.45) is 0. The quantitative estimate of drug-likeness (QED) is 0.638. The van der Waals surface area contributed by atoms with Gasteiger partial charge in [0.25, 0.3) is 5.69 Å². The average Bonchev–Trinajstić information content (AvgIpc) is 2.39. The number of nitrogens with zero attached hydrogens (tertiary/aromatic N) is 1. The van der Waals surface area contributed by atoms with Crippen LogP contribution in [0.5, 0.6) is 0 Å². The van der Waals surface area contributed by atoms with Crippen LogP contribution in [0.25, 0.3) is 0 Å². The number of sulfone groups is 1. The van der Waals surface area contributed by atoms with E-state index in [9.17, 15) is 18.5 Å². The minimum atomic E-state index is -3.72. The molecule has 0 bridgehead atoms. The van der Waals surface area contributed by atoms with Crippen LogP contribution in [0.3, 0.4) is 0 Å². The maximum absolute atomic E-state index is 12.3. The van der Waals surface area contributed by atoms with Crippen molar-refractivity contribution >= 4 is 15.5 Å². The molecule has 2 rings (SSSR count). The van der Waals surface area contributed by atoms with E-state index in [2.05, 4.69) is 0 Å². The van der Waals surface area contributed by atoms with Crippen molar-refractivity contribution in [2.75, 3.05) is 0 Å². The number of hydrogen-bond donors (Lipinski definition) is 0. The minimum Gasteiger partial charge on any atom is -0.258 e. The van der Waals surface area contributed by atoms with Gasteiger partial charge in [-0.15, -0.1) is 0 Å². The first-order valence-electron chi connectivity index (χ1n) is 5.47. The van der Waals surface area contributed by atoms with Crippen LogP contribution in [0.2, 0.25) is 0 Å². The van der Waals surface area contributed by atoms with E-state index in [1.165, 1.54) is 30.3 Å². The molecule has 0 heterocycles. The van der Waals surface area contributed by atoms with Gasteiger partial charge in [-0.25, -0.2) is 8.42 Å². The van der Waals surface area contributed by atoms with Gasteiger partial charge in [0.1, 0.15) is 0 Å². The largest absolute Gasteiger partial charge is 0.270 e. The number of nitro benzene ring substituents is 1. The van der Waals surface area contributed by atoms with Gasteiger partial charge >= 0.3 is 0 Å². The SMILES string of the molecule is Cc1ccc(S(=O)(=O)c2cccc([N+](=O)[O-])c2)cc1. The van der Waals surface area contributed by atoms with Gasteiger partial charge in [-0.3, -0.25) is 10.1 Å². The lowest BCUT2D eigenvalue weighted by molar-refractivity contribution is -0.385. The first-order valence-corrected chi connectivity index (χ1v) is 6.96. The normalized spacial score (nSPS) is 11.2. The predicted molar refractivity (Wildman–Crippen MR) is 69.7 cm³/mol. The van der Waals surface area contributed by atoms with Crippen molar-refractivity contribution in [1.29, 1.82) is 0 Å². The van der Waals surface area contributed by atoms with Crippen molar-refractivity contribution in [2.24, 2.45) is 0 Å². The Morgan fingerprint density at radius 2 is 1.63 bits per heavy atom. The summed E-state index contributed by atoms with van der Waals surface area (Å²) in [5.41, 5.74) is 0.700. The summed E-state index contributed by atoms with van der Waals surface area (Å²) in [5, 5.41) is 10.7. The number of non-ortho nitro benzene ring substituents is 1. The number of hydrogen-bond acceptors (Lipinski definition) is 4. The maximum Gasteiger partial charge on any atom is 0.270 e. The molecule has 6 heteroatoms. The van der Waals surface area contributed by atoms with E-state index in [0.29, 0.717) is 0 Å². The van der Waals surface area contributed by atoms with Gasteiger partial charge in [0.05, 0.1) is 14.7 Å². The molecule has 19 heavy (non-hydrogen) atoms. The Morgan fingerprint density at radius 3 is 2.21 bits per heavy atom. The highest BCUT2D eigenvalue weighted by Crippen LogP contribution is 2.24. The van der Waals surface area contributed by atoms with E-state index in [4.69, 9.17) is 0 Å². The first-order chi connectivity index (χ1) is 8.91. The second-order valence-electron chi connectivity index (χ2n) is 4.07. The van der Waals surface area contributed by atoms with Gasteiger partial charge in [0, 0.05) is 12.1 Å². The van der Waals surface area contributed by atoms with Crippen molar-refractivity contribution in [1.82, 2.24) is 0 Å². The molecule has 0 saturated heterocycles. The third-order valence-electron chi connectivity index (χ3n) is 2.67. The van der Waals surface area contributed by atoms with Crippen LogP contribution in [0.4, 0.5) is 5.69 Å². The van der Waals surface area contributed by atoms with E-state index < -0.39 is 14.8 Å². The third kappa shape index (κ3) is 2.63. The predicted octanol–water partition coefficient (Wildman–Crippen LogP) is 2.74. The first kappa shape index (κ1) is 13.2. The number of benzene rings is 2. The van der Waals surface area contributed by atoms with Crippen LogP contribution in [0.15, 0.2) is 58.3 Å². The molecule has 0 spiro atoms. The van der Waals surface area contributed by atoms with Crippen molar-refractivity contribution in [3.63, 3.8) is 0 Å². The number of rotatable bonds is 3. The van der Waals surface area contributed by atoms with Crippen molar-refractivity contribution < 1.29 is 13.3 Å². The highest BCUT2D eigenvalue weighted by atomic mass is 32.2. The average molecular weight is 277 g/mol. The lowest BCUT2D eigenvalue weighted by Crippen LogP contribution is -2.02. The molecular weight excluding hydrogens is 266 g/mol. The molecule has 0 unspecified atom stereocenters. The van der Waals surface area contributed by atoms with Gasteiger partial charge in [-0.05, 0) is 25.1 Å². The Balaban J connectivity index is 2.53.